The summed E-state index contributed by atoms with van der Waals surface area (Å²) in [5.41, 5.74) is 1.87. The molecule has 2 heterocycles. The maximum Gasteiger partial charge on any atom is 0.266 e. The van der Waals surface area contributed by atoms with Gasteiger partial charge < -0.3 is 19.6 Å². The second-order valence-electron chi connectivity index (χ2n) is 9.77. The van der Waals surface area contributed by atoms with Crippen LogP contribution in [0.15, 0.2) is 35.5 Å². The van der Waals surface area contributed by atoms with Gasteiger partial charge in [0.15, 0.2) is 0 Å². The highest BCUT2D eigenvalue weighted by molar-refractivity contribution is 6.30. The van der Waals surface area contributed by atoms with E-state index in [1.807, 2.05) is 23.9 Å². The minimum atomic E-state index is -0.112. The average Bonchev–Trinajstić information content (AvgIpc) is 2.85. The van der Waals surface area contributed by atoms with Crippen LogP contribution in [0.1, 0.15) is 42.5 Å². The summed E-state index contributed by atoms with van der Waals surface area (Å²) in [5, 5.41) is 10.6. The second-order valence-corrected chi connectivity index (χ2v) is 10.2. The zero-order chi connectivity index (χ0) is 24.2. The summed E-state index contributed by atoms with van der Waals surface area (Å²) in [6.45, 7) is 4.03. The van der Waals surface area contributed by atoms with Gasteiger partial charge in [0.25, 0.3) is 11.8 Å². The Morgan fingerprint density at radius 2 is 1.79 bits per heavy atom. The fraction of sp³-hybridized carbons (Fsp3) is 0.577. The third-order valence-electron chi connectivity index (χ3n) is 7.33. The molecule has 34 heavy (non-hydrogen) atoms. The van der Waals surface area contributed by atoms with Crippen molar-refractivity contribution in [2.24, 2.45) is 5.92 Å². The normalized spacial score (nSPS) is 23.3. The summed E-state index contributed by atoms with van der Waals surface area (Å²) < 4.78 is 0. The molecule has 1 saturated heterocycles. The first-order chi connectivity index (χ1) is 16.4. The quantitative estimate of drug-likeness (QED) is 0.621. The summed E-state index contributed by atoms with van der Waals surface area (Å²) in [7, 11) is 4.08. The number of amides is 2. The van der Waals surface area contributed by atoms with Gasteiger partial charge in [-0.05, 0) is 64.2 Å². The molecule has 8 heteroatoms. The van der Waals surface area contributed by atoms with E-state index in [1.54, 1.807) is 24.3 Å². The molecule has 1 aromatic carbocycles. The standard InChI is InChI=1S/C26H34ClN5O2/c1-29(2)12-5-13-32-23-7-4-3-6-21(23)24(22(18-28)26(32)34)30-14-16-31(17-15-30)25(33)19-8-10-20(27)11-9-19/h8-11,21,23H,3-7,12-17H2,1-2H3. The molecule has 0 radical (unpaired) electrons. The molecule has 0 N–H and O–H groups in total. The summed E-state index contributed by atoms with van der Waals surface area (Å²) in [4.78, 5) is 34.5. The SMILES string of the molecule is CN(C)CCCN1C(=O)C(C#N)=C(N2CCN(C(=O)c3ccc(Cl)cc3)CC2)C2CCCCC21. The Kier molecular flexibility index (Phi) is 7.80. The van der Waals surface area contributed by atoms with E-state index in [-0.39, 0.29) is 23.8 Å². The summed E-state index contributed by atoms with van der Waals surface area (Å²) in [5.74, 6) is 0.0891. The van der Waals surface area contributed by atoms with Gasteiger partial charge in [-0.25, -0.2) is 0 Å². The predicted molar refractivity (Wildman–Crippen MR) is 132 cm³/mol. The van der Waals surface area contributed by atoms with E-state index in [4.69, 9.17) is 11.6 Å². The highest BCUT2D eigenvalue weighted by Crippen LogP contribution is 2.41. The Labute approximate surface area is 207 Å². The lowest BCUT2D eigenvalue weighted by molar-refractivity contribution is -0.132. The summed E-state index contributed by atoms with van der Waals surface area (Å²) >= 11 is 5.96. The van der Waals surface area contributed by atoms with Crippen molar-refractivity contribution in [3.05, 3.63) is 46.1 Å². The molecular formula is C26H34ClN5O2. The Morgan fingerprint density at radius 3 is 2.44 bits per heavy atom. The van der Waals surface area contributed by atoms with Gasteiger partial charge >= 0.3 is 0 Å². The number of carbonyl (C=O) groups excluding carboxylic acids is 2. The van der Waals surface area contributed by atoms with Gasteiger partial charge in [0.2, 0.25) is 0 Å². The van der Waals surface area contributed by atoms with Gasteiger partial charge in [0, 0.05) is 61.0 Å². The number of carbonyl (C=O) groups is 2. The minimum absolute atomic E-state index is 0.00636. The molecular weight excluding hydrogens is 450 g/mol. The highest BCUT2D eigenvalue weighted by Gasteiger charge is 2.44. The Morgan fingerprint density at radius 1 is 1.12 bits per heavy atom. The molecule has 2 unspecified atom stereocenters. The van der Waals surface area contributed by atoms with E-state index in [1.165, 1.54) is 0 Å². The Hall–Kier alpha value is -2.56. The van der Waals surface area contributed by atoms with Crippen molar-refractivity contribution in [3.8, 4) is 6.07 Å². The highest BCUT2D eigenvalue weighted by atomic mass is 35.5. The van der Waals surface area contributed by atoms with Crippen LogP contribution < -0.4 is 0 Å². The lowest BCUT2D eigenvalue weighted by atomic mass is 9.76. The number of halogens is 1. The molecule has 1 aliphatic carbocycles. The second kappa shape index (κ2) is 10.8. The van der Waals surface area contributed by atoms with Crippen LogP contribution in [0.4, 0.5) is 0 Å². The van der Waals surface area contributed by atoms with Crippen LogP contribution >= 0.6 is 11.6 Å². The van der Waals surface area contributed by atoms with Crippen LogP contribution in [0.2, 0.25) is 5.02 Å². The first-order valence-corrected chi connectivity index (χ1v) is 12.7. The zero-order valence-electron chi connectivity index (χ0n) is 20.2. The van der Waals surface area contributed by atoms with Crippen molar-refractivity contribution in [3.63, 3.8) is 0 Å². The molecule has 2 amide bonds. The Balaban J connectivity index is 1.51. The van der Waals surface area contributed by atoms with E-state index < -0.39 is 0 Å². The van der Waals surface area contributed by atoms with Gasteiger partial charge in [0.05, 0.1) is 0 Å². The molecule has 0 aromatic heterocycles. The third-order valence-corrected chi connectivity index (χ3v) is 7.58. The van der Waals surface area contributed by atoms with E-state index in [2.05, 4.69) is 15.9 Å². The number of nitrogens with zero attached hydrogens (tertiary/aromatic N) is 5. The summed E-state index contributed by atoms with van der Waals surface area (Å²) in [6, 6.07) is 9.42. The number of benzene rings is 1. The van der Waals surface area contributed by atoms with Crippen LogP contribution in [-0.4, -0.2) is 90.8 Å². The fourth-order valence-electron chi connectivity index (χ4n) is 5.64. The molecule has 2 atom stereocenters. The zero-order valence-corrected chi connectivity index (χ0v) is 20.9. The van der Waals surface area contributed by atoms with Gasteiger partial charge in [0.1, 0.15) is 11.6 Å². The average molecular weight is 484 g/mol. The van der Waals surface area contributed by atoms with E-state index >= 15 is 0 Å². The van der Waals surface area contributed by atoms with Crippen LogP contribution in [0.25, 0.3) is 0 Å². The number of fused-ring (bicyclic) bond motifs is 1. The summed E-state index contributed by atoms with van der Waals surface area (Å²) in [6.07, 6.45) is 5.15. The molecule has 182 valence electrons. The van der Waals surface area contributed by atoms with Crippen LogP contribution in [-0.2, 0) is 4.79 Å². The molecule has 7 nitrogen and oxygen atoms in total. The van der Waals surface area contributed by atoms with Gasteiger partial charge in [-0.1, -0.05) is 24.4 Å². The van der Waals surface area contributed by atoms with Crippen LogP contribution in [0.3, 0.4) is 0 Å². The lowest BCUT2D eigenvalue weighted by Gasteiger charge is -2.49. The van der Waals surface area contributed by atoms with Crippen molar-refractivity contribution in [2.45, 2.75) is 38.1 Å². The molecule has 1 aromatic rings. The number of hydrogen-bond donors (Lipinski definition) is 0. The van der Waals surface area contributed by atoms with Gasteiger partial charge in [-0.2, -0.15) is 5.26 Å². The Bertz CT molecular complexity index is 976. The topological polar surface area (TPSA) is 70.9 Å². The van der Waals surface area contributed by atoms with Crippen molar-refractivity contribution >= 4 is 23.4 Å². The van der Waals surface area contributed by atoms with Gasteiger partial charge in [-0.15, -0.1) is 0 Å². The first-order valence-electron chi connectivity index (χ1n) is 12.3. The van der Waals surface area contributed by atoms with Crippen molar-refractivity contribution in [1.29, 1.82) is 5.26 Å². The van der Waals surface area contributed by atoms with Gasteiger partial charge in [-0.3, -0.25) is 9.59 Å². The first kappa shape index (κ1) is 24.6. The number of nitriles is 1. The smallest absolute Gasteiger partial charge is 0.266 e. The molecule has 0 bridgehead atoms. The molecule has 1 saturated carbocycles. The van der Waals surface area contributed by atoms with Crippen molar-refractivity contribution < 1.29 is 9.59 Å². The third kappa shape index (κ3) is 5.08. The van der Waals surface area contributed by atoms with Crippen LogP contribution in [0.5, 0.6) is 0 Å². The number of piperazine rings is 1. The maximum atomic E-state index is 13.5. The molecule has 3 aliphatic rings. The largest absolute Gasteiger partial charge is 0.370 e. The minimum Gasteiger partial charge on any atom is -0.370 e. The lowest BCUT2D eigenvalue weighted by Crippen LogP contribution is -2.56. The molecule has 2 aliphatic heterocycles. The monoisotopic (exact) mass is 483 g/mol. The molecule has 4 rings (SSSR count). The van der Waals surface area contributed by atoms with Crippen LogP contribution in [0, 0.1) is 17.2 Å². The molecule has 0 spiro atoms. The number of rotatable bonds is 6. The van der Waals surface area contributed by atoms with E-state index in [0.717, 1.165) is 44.3 Å². The molecule has 2 fully saturated rings. The van der Waals surface area contributed by atoms with Crippen molar-refractivity contribution in [1.82, 2.24) is 19.6 Å². The fourth-order valence-corrected chi connectivity index (χ4v) is 5.77. The van der Waals surface area contributed by atoms with E-state index in [0.29, 0.717) is 48.9 Å². The number of hydrogen-bond acceptors (Lipinski definition) is 5. The van der Waals surface area contributed by atoms with Crippen molar-refractivity contribution in [2.75, 3.05) is 53.4 Å². The predicted octanol–water partition coefficient (Wildman–Crippen LogP) is 3.23. The maximum absolute atomic E-state index is 13.5. The van der Waals surface area contributed by atoms with E-state index in [9.17, 15) is 14.9 Å².